The zero-order valence-electron chi connectivity index (χ0n) is 27.6. The Kier molecular flexibility index (Phi) is 20.3. The second-order valence-corrected chi connectivity index (χ2v) is 13.2. The van der Waals surface area contributed by atoms with Crippen LogP contribution < -0.4 is 5.32 Å². The van der Waals surface area contributed by atoms with Crippen molar-refractivity contribution in [3.63, 3.8) is 0 Å². The summed E-state index contributed by atoms with van der Waals surface area (Å²) in [5.41, 5.74) is -0.777. The Hall–Kier alpha value is -1.54. The number of esters is 1. The average Bonchev–Trinajstić information content (AvgIpc) is 2.98. The van der Waals surface area contributed by atoms with E-state index in [-0.39, 0.29) is 12.5 Å². The lowest BCUT2D eigenvalue weighted by atomic mass is 9.92. The highest BCUT2D eigenvalue weighted by Crippen LogP contribution is 2.24. The zero-order valence-corrected chi connectivity index (χ0v) is 27.6. The van der Waals surface area contributed by atoms with Gasteiger partial charge in [-0.05, 0) is 33.1 Å². The van der Waals surface area contributed by atoms with Crippen molar-refractivity contribution in [2.75, 3.05) is 20.0 Å². The van der Waals surface area contributed by atoms with Crippen molar-refractivity contribution >= 4 is 12.1 Å². The van der Waals surface area contributed by atoms with Gasteiger partial charge in [0.25, 0.3) is 0 Å². The van der Waals surface area contributed by atoms with Crippen molar-refractivity contribution < 1.29 is 54.1 Å². The van der Waals surface area contributed by atoms with Crippen molar-refractivity contribution in [2.45, 2.75) is 161 Å². The van der Waals surface area contributed by atoms with Gasteiger partial charge in [0.1, 0.15) is 24.4 Å². The molecule has 8 atom stereocenters. The van der Waals surface area contributed by atoms with Gasteiger partial charge in [0.15, 0.2) is 6.29 Å². The van der Waals surface area contributed by atoms with E-state index in [0.29, 0.717) is 6.42 Å². The molecule has 1 rings (SSSR count). The number of rotatable bonds is 22. The standard InChI is InChI=1S/C32H61NO11/c1-6-7-8-9-10-11-12-13-14-15-16-17-18-22(2)25(35)23(33-31(40)43-21-42-30(39)32(3,4)5)20-41-29-28(38)27(37)26(36)24(19-34)44-29/h22-29,34-38H,6-21H2,1-5H3,(H,33,40)/t22-,23+,24?,25-,26+,27+,28?,29+/m1/s1. The maximum atomic E-state index is 12.5. The quantitative estimate of drug-likeness (QED) is 0.0581. The molecule has 1 amide bonds. The summed E-state index contributed by atoms with van der Waals surface area (Å²) < 4.78 is 20.9. The molecule has 0 spiro atoms. The van der Waals surface area contributed by atoms with E-state index in [1.54, 1.807) is 20.8 Å². The number of carbonyl (C=O) groups excluding carboxylic acids is 2. The molecule has 1 aliphatic heterocycles. The molecule has 0 bridgehead atoms. The monoisotopic (exact) mass is 635 g/mol. The zero-order chi connectivity index (χ0) is 33.1. The summed E-state index contributed by atoms with van der Waals surface area (Å²) in [6.07, 6.45) is 5.93. The van der Waals surface area contributed by atoms with Crippen LogP contribution in [0.2, 0.25) is 0 Å². The van der Waals surface area contributed by atoms with Gasteiger partial charge >= 0.3 is 12.1 Å². The van der Waals surface area contributed by atoms with Gasteiger partial charge in [0.05, 0.1) is 30.8 Å². The van der Waals surface area contributed by atoms with Crippen LogP contribution in [0.3, 0.4) is 0 Å². The number of hydrogen-bond acceptors (Lipinski definition) is 11. The Bertz CT molecular complexity index is 776. The van der Waals surface area contributed by atoms with Crippen LogP contribution in [0.15, 0.2) is 0 Å². The number of nitrogens with one attached hydrogen (secondary N) is 1. The molecule has 0 aromatic carbocycles. The Morgan fingerprint density at radius 2 is 1.39 bits per heavy atom. The first-order valence-corrected chi connectivity index (χ1v) is 16.5. The molecule has 2 unspecified atom stereocenters. The Labute approximate surface area is 263 Å². The summed E-state index contributed by atoms with van der Waals surface area (Å²) in [5, 5.41) is 53.5. The molecule has 1 aliphatic rings. The number of aliphatic hydroxyl groups is 5. The highest BCUT2D eigenvalue weighted by Gasteiger charge is 2.44. The van der Waals surface area contributed by atoms with Crippen LogP contribution in [0.1, 0.15) is 118 Å². The second-order valence-electron chi connectivity index (χ2n) is 13.2. The molecule has 1 heterocycles. The smallest absolute Gasteiger partial charge is 0.410 e. The first-order valence-electron chi connectivity index (χ1n) is 16.5. The Morgan fingerprint density at radius 3 is 1.91 bits per heavy atom. The number of unbranched alkanes of at least 4 members (excludes halogenated alkanes) is 11. The van der Waals surface area contributed by atoms with Gasteiger partial charge < -0.3 is 49.8 Å². The molecule has 260 valence electrons. The highest BCUT2D eigenvalue weighted by atomic mass is 16.7. The molecule has 6 N–H and O–H groups in total. The molecule has 0 aromatic heterocycles. The maximum absolute atomic E-state index is 12.5. The molecule has 1 saturated heterocycles. The van der Waals surface area contributed by atoms with Gasteiger partial charge in [0, 0.05) is 0 Å². The third kappa shape index (κ3) is 15.6. The summed E-state index contributed by atoms with van der Waals surface area (Å²) in [4.78, 5) is 24.5. The third-order valence-electron chi connectivity index (χ3n) is 8.09. The second kappa shape index (κ2) is 22.1. The molecule has 1 fully saturated rings. The van der Waals surface area contributed by atoms with Gasteiger partial charge in [0.2, 0.25) is 6.79 Å². The van der Waals surface area contributed by atoms with Crippen LogP contribution >= 0.6 is 0 Å². The number of ether oxygens (including phenoxy) is 4. The van der Waals surface area contributed by atoms with E-state index in [1.807, 2.05) is 6.92 Å². The SMILES string of the molecule is CCCCCCCCCCCCCC[C@@H](C)[C@@H](O)[C@H](CO[C@H]1OC(CO)[C@H](O)[C@H](O)C1O)NC(=O)OCOC(=O)C(C)(C)C. The van der Waals surface area contributed by atoms with Crippen LogP contribution in [-0.2, 0) is 23.7 Å². The van der Waals surface area contributed by atoms with Crippen molar-refractivity contribution in [1.29, 1.82) is 0 Å². The number of amides is 1. The molecular weight excluding hydrogens is 574 g/mol. The van der Waals surface area contributed by atoms with Crippen LogP contribution in [0.5, 0.6) is 0 Å². The van der Waals surface area contributed by atoms with Gasteiger partial charge in [-0.3, -0.25) is 4.79 Å². The topological polar surface area (TPSA) is 184 Å². The highest BCUT2D eigenvalue weighted by molar-refractivity contribution is 5.75. The van der Waals surface area contributed by atoms with E-state index in [1.165, 1.54) is 57.8 Å². The van der Waals surface area contributed by atoms with E-state index >= 15 is 0 Å². The van der Waals surface area contributed by atoms with Crippen molar-refractivity contribution in [2.24, 2.45) is 11.3 Å². The minimum absolute atomic E-state index is 0.236. The molecule has 12 nitrogen and oxygen atoms in total. The summed E-state index contributed by atoms with van der Waals surface area (Å²) in [5.74, 6) is -0.788. The van der Waals surface area contributed by atoms with Gasteiger partial charge in [-0.15, -0.1) is 0 Å². The third-order valence-corrected chi connectivity index (χ3v) is 8.09. The van der Waals surface area contributed by atoms with Crippen LogP contribution in [0.4, 0.5) is 4.79 Å². The summed E-state index contributed by atoms with van der Waals surface area (Å²) >= 11 is 0. The van der Waals surface area contributed by atoms with E-state index in [4.69, 9.17) is 18.9 Å². The Morgan fingerprint density at radius 1 is 0.841 bits per heavy atom. The first-order chi connectivity index (χ1) is 20.8. The van der Waals surface area contributed by atoms with Gasteiger partial charge in [-0.25, -0.2) is 4.79 Å². The molecule has 44 heavy (non-hydrogen) atoms. The lowest BCUT2D eigenvalue weighted by Gasteiger charge is -2.40. The van der Waals surface area contributed by atoms with E-state index in [0.717, 1.165) is 19.3 Å². The molecule has 0 aliphatic carbocycles. The van der Waals surface area contributed by atoms with E-state index < -0.39 is 73.7 Å². The fourth-order valence-electron chi connectivity index (χ4n) is 5.05. The largest absolute Gasteiger partial charge is 0.427 e. The summed E-state index contributed by atoms with van der Waals surface area (Å²) in [6, 6.07) is -1.01. The minimum Gasteiger partial charge on any atom is -0.427 e. The summed E-state index contributed by atoms with van der Waals surface area (Å²) in [6.45, 7) is 7.50. The molecule has 12 heteroatoms. The number of carbonyl (C=O) groups is 2. The molecular formula is C32H61NO11. The predicted molar refractivity (Wildman–Crippen MR) is 164 cm³/mol. The van der Waals surface area contributed by atoms with Crippen LogP contribution in [0.25, 0.3) is 0 Å². The number of hydrogen-bond donors (Lipinski definition) is 6. The van der Waals surface area contributed by atoms with E-state index in [2.05, 4.69) is 12.2 Å². The first kappa shape index (κ1) is 40.5. The van der Waals surface area contributed by atoms with Crippen LogP contribution in [0, 0.1) is 11.3 Å². The Balaban J connectivity index is 2.60. The fourth-order valence-corrected chi connectivity index (χ4v) is 5.05. The number of alkyl carbamates (subject to hydrolysis) is 1. The predicted octanol–water partition coefficient (Wildman–Crippen LogP) is 3.53. The minimum atomic E-state index is -1.63. The lowest BCUT2D eigenvalue weighted by molar-refractivity contribution is -0.303. The molecule has 0 radical (unpaired) electrons. The van der Waals surface area contributed by atoms with Crippen molar-refractivity contribution in [3.8, 4) is 0 Å². The fraction of sp³-hybridized carbons (Fsp3) is 0.938. The summed E-state index contributed by atoms with van der Waals surface area (Å²) in [7, 11) is 0. The molecule has 0 aromatic rings. The maximum Gasteiger partial charge on any atom is 0.410 e. The normalized spacial score (nSPS) is 24.4. The van der Waals surface area contributed by atoms with Crippen molar-refractivity contribution in [1.82, 2.24) is 5.32 Å². The van der Waals surface area contributed by atoms with Crippen molar-refractivity contribution in [3.05, 3.63) is 0 Å². The lowest BCUT2D eigenvalue weighted by Crippen LogP contribution is -2.60. The van der Waals surface area contributed by atoms with E-state index in [9.17, 15) is 35.1 Å². The van der Waals surface area contributed by atoms with Gasteiger partial charge in [-0.2, -0.15) is 0 Å². The number of aliphatic hydroxyl groups excluding tert-OH is 5. The molecule has 0 saturated carbocycles. The van der Waals surface area contributed by atoms with Gasteiger partial charge in [-0.1, -0.05) is 90.9 Å². The average molecular weight is 636 g/mol. The van der Waals surface area contributed by atoms with Crippen LogP contribution in [-0.4, -0.2) is 100 Å².